The number of anilines is 1. The van der Waals surface area contributed by atoms with Crippen molar-refractivity contribution in [2.75, 3.05) is 23.9 Å². The van der Waals surface area contributed by atoms with E-state index in [9.17, 15) is 13.2 Å². The van der Waals surface area contributed by atoms with Gasteiger partial charge in [0, 0.05) is 5.69 Å². The number of aryl methyl sites for hydroxylation is 1. The number of nitrogens with one attached hydrogen (secondary N) is 1. The normalized spacial score (nSPS) is 17.3. The van der Waals surface area contributed by atoms with Gasteiger partial charge in [0.2, 0.25) is 0 Å². The largest absolute Gasteiger partial charge is 0.497 e. The fraction of sp³-hybridized carbons (Fsp3) is 0.261. The van der Waals surface area contributed by atoms with Gasteiger partial charge < -0.3 is 10.1 Å². The number of ether oxygens (including phenoxy) is 1. The Morgan fingerprint density at radius 3 is 2.67 bits per heavy atom. The molecule has 8 nitrogen and oxygen atoms in total. The number of carbonyl (C=O) groups is 1. The maximum Gasteiger partial charge on any atom is 0.256 e. The number of benzene rings is 1. The van der Waals surface area contributed by atoms with Crippen LogP contribution < -0.4 is 10.1 Å². The molecule has 0 spiro atoms. The summed E-state index contributed by atoms with van der Waals surface area (Å²) in [6, 6.07) is 12.4. The molecule has 4 aromatic rings. The lowest BCUT2D eigenvalue weighted by molar-refractivity contribution is 0.102. The standard InChI is InChI=1S/C23H22N4O4S2/c1-14-21-18(23(28)24-15-5-7-17(31-2)8-6-15)12-19(20-4-3-10-32-20)25-22(21)27(26-14)16-9-11-33(29,30)13-16/h3-8,10,12,16H,9,11,13H2,1-2H3,(H,24,28)/t16-/m1/s1. The lowest BCUT2D eigenvalue weighted by Crippen LogP contribution is -2.15. The molecule has 3 aromatic heterocycles. The minimum atomic E-state index is -3.11. The summed E-state index contributed by atoms with van der Waals surface area (Å²) in [6.45, 7) is 1.82. The first-order valence-corrected chi connectivity index (χ1v) is 13.1. The number of sulfone groups is 1. The minimum Gasteiger partial charge on any atom is -0.497 e. The van der Waals surface area contributed by atoms with E-state index in [0.717, 1.165) is 4.88 Å². The molecule has 0 saturated carbocycles. The van der Waals surface area contributed by atoms with Crippen LogP contribution in [0.5, 0.6) is 5.75 Å². The first kappa shape index (κ1) is 21.6. The van der Waals surface area contributed by atoms with Crippen LogP contribution in [-0.2, 0) is 9.84 Å². The summed E-state index contributed by atoms with van der Waals surface area (Å²) in [5.41, 5.74) is 2.90. The smallest absolute Gasteiger partial charge is 0.256 e. The number of fused-ring (bicyclic) bond motifs is 1. The second kappa shape index (κ2) is 8.27. The van der Waals surface area contributed by atoms with E-state index in [1.54, 1.807) is 42.1 Å². The van der Waals surface area contributed by atoms with E-state index in [-0.39, 0.29) is 23.5 Å². The zero-order valence-corrected chi connectivity index (χ0v) is 19.7. The molecule has 1 aliphatic rings. The molecular weight excluding hydrogens is 460 g/mol. The van der Waals surface area contributed by atoms with E-state index in [1.165, 1.54) is 11.3 Å². The molecule has 4 heterocycles. The van der Waals surface area contributed by atoms with Crippen LogP contribution in [-0.4, -0.2) is 47.7 Å². The molecule has 33 heavy (non-hydrogen) atoms. The number of carbonyl (C=O) groups excluding carboxylic acids is 1. The highest BCUT2D eigenvalue weighted by molar-refractivity contribution is 7.91. The van der Waals surface area contributed by atoms with Crippen LogP contribution in [0, 0.1) is 6.92 Å². The third-order valence-electron chi connectivity index (χ3n) is 5.76. The average Bonchev–Trinajstić information content (AvgIpc) is 3.53. The van der Waals surface area contributed by atoms with Crippen LogP contribution in [0.4, 0.5) is 5.69 Å². The molecule has 1 aromatic carbocycles. The summed E-state index contributed by atoms with van der Waals surface area (Å²) in [7, 11) is -1.52. The predicted octanol–water partition coefficient (Wildman–Crippen LogP) is 4.09. The van der Waals surface area contributed by atoms with Crippen molar-refractivity contribution in [3.8, 4) is 16.3 Å². The van der Waals surface area contributed by atoms with Gasteiger partial charge >= 0.3 is 0 Å². The van der Waals surface area contributed by atoms with Crippen molar-refractivity contribution < 1.29 is 17.9 Å². The Morgan fingerprint density at radius 1 is 1.24 bits per heavy atom. The summed E-state index contributed by atoms with van der Waals surface area (Å²) in [5, 5.41) is 10.1. The van der Waals surface area contributed by atoms with Crippen molar-refractivity contribution in [2.24, 2.45) is 0 Å². The van der Waals surface area contributed by atoms with Crippen LogP contribution >= 0.6 is 11.3 Å². The fourth-order valence-corrected chi connectivity index (χ4v) is 6.52. The molecule has 1 amide bonds. The van der Waals surface area contributed by atoms with Crippen molar-refractivity contribution in [3.63, 3.8) is 0 Å². The van der Waals surface area contributed by atoms with E-state index < -0.39 is 9.84 Å². The maximum absolute atomic E-state index is 13.4. The van der Waals surface area contributed by atoms with Crippen molar-refractivity contribution in [1.29, 1.82) is 0 Å². The Labute approximate surface area is 195 Å². The van der Waals surface area contributed by atoms with E-state index in [1.807, 2.05) is 24.4 Å². The number of thiophene rings is 1. The van der Waals surface area contributed by atoms with E-state index in [4.69, 9.17) is 9.72 Å². The quantitative estimate of drug-likeness (QED) is 0.460. The molecule has 10 heteroatoms. The van der Waals surface area contributed by atoms with Crippen LogP contribution in [0.2, 0.25) is 0 Å². The third-order valence-corrected chi connectivity index (χ3v) is 8.40. The Bertz CT molecular complexity index is 1440. The summed E-state index contributed by atoms with van der Waals surface area (Å²) in [6.07, 6.45) is 0.483. The molecule has 5 rings (SSSR count). The number of pyridine rings is 1. The second-order valence-electron chi connectivity index (χ2n) is 8.00. The van der Waals surface area contributed by atoms with E-state index in [2.05, 4.69) is 10.4 Å². The van der Waals surface area contributed by atoms with E-state index >= 15 is 0 Å². The van der Waals surface area contributed by atoms with Gasteiger partial charge in [-0.2, -0.15) is 5.10 Å². The summed E-state index contributed by atoms with van der Waals surface area (Å²) in [4.78, 5) is 19.1. The molecule has 0 bridgehead atoms. The van der Waals surface area contributed by atoms with Gasteiger partial charge in [-0.15, -0.1) is 11.3 Å². The van der Waals surface area contributed by atoms with Gasteiger partial charge in [-0.05, 0) is 55.1 Å². The Kier molecular flexibility index (Phi) is 5.41. The van der Waals surface area contributed by atoms with Gasteiger partial charge in [0.1, 0.15) is 5.75 Å². The molecule has 1 N–H and O–H groups in total. The molecule has 1 atom stereocenters. The monoisotopic (exact) mass is 482 g/mol. The van der Waals surface area contributed by atoms with Gasteiger partial charge in [0.15, 0.2) is 15.5 Å². The number of aromatic nitrogens is 3. The van der Waals surface area contributed by atoms with Crippen LogP contribution in [0.3, 0.4) is 0 Å². The average molecular weight is 483 g/mol. The Balaban J connectivity index is 1.63. The second-order valence-corrected chi connectivity index (χ2v) is 11.2. The number of amides is 1. The summed E-state index contributed by atoms with van der Waals surface area (Å²) >= 11 is 1.52. The number of rotatable bonds is 5. The van der Waals surface area contributed by atoms with Gasteiger partial charge in [-0.3, -0.25) is 4.79 Å². The number of hydrogen-bond donors (Lipinski definition) is 1. The van der Waals surface area contributed by atoms with Gasteiger partial charge in [-0.1, -0.05) is 6.07 Å². The van der Waals surface area contributed by atoms with Crippen LogP contribution in [0.25, 0.3) is 21.6 Å². The van der Waals surface area contributed by atoms with Gasteiger partial charge in [0.05, 0.1) is 51.9 Å². The highest BCUT2D eigenvalue weighted by Gasteiger charge is 2.32. The highest BCUT2D eigenvalue weighted by atomic mass is 32.2. The van der Waals surface area contributed by atoms with Crippen molar-refractivity contribution in [1.82, 2.24) is 14.8 Å². The molecule has 170 valence electrons. The zero-order valence-electron chi connectivity index (χ0n) is 18.1. The predicted molar refractivity (Wildman–Crippen MR) is 129 cm³/mol. The number of nitrogens with zero attached hydrogens (tertiary/aromatic N) is 3. The Hall–Kier alpha value is -3.24. The van der Waals surface area contributed by atoms with Crippen molar-refractivity contribution >= 4 is 43.8 Å². The molecule has 1 fully saturated rings. The summed E-state index contributed by atoms with van der Waals surface area (Å²) < 4.78 is 31.1. The number of methoxy groups -OCH3 is 1. The SMILES string of the molecule is COc1ccc(NC(=O)c2cc(-c3cccs3)nc3c2c(C)nn3[C@@H]2CCS(=O)(=O)C2)cc1. The fourth-order valence-electron chi connectivity index (χ4n) is 4.14. The minimum absolute atomic E-state index is 0.0293. The summed E-state index contributed by atoms with van der Waals surface area (Å²) in [5.74, 6) is 0.574. The lowest BCUT2D eigenvalue weighted by atomic mass is 10.1. The number of hydrogen-bond acceptors (Lipinski definition) is 7. The molecule has 1 aliphatic heterocycles. The van der Waals surface area contributed by atoms with E-state index in [0.29, 0.717) is 45.8 Å². The topological polar surface area (TPSA) is 103 Å². The van der Waals surface area contributed by atoms with Crippen LogP contribution in [0.1, 0.15) is 28.5 Å². The van der Waals surface area contributed by atoms with Crippen molar-refractivity contribution in [3.05, 3.63) is 59.1 Å². The molecule has 1 saturated heterocycles. The maximum atomic E-state index is 13.4. The van der Waals surface area contributed by atoms with Gasteiger partial charge in [-0.25, -0.2) is 18.1 Å². The zero-order chi connectivity index (χ0) is 23.2. The lowest BCUT2D eigenvalue weighted by Gasteiger charge is -2.12. The van der Waals surface area contributed by atoms with Crippen molar-refractivity contribution in [2.45, 2.75) is 19.4 Å². The first-order chi connectivity index (χ1) is 15.8. The third kappa shape index (κ3) is 4.11. The molecular formula is C23H22N4O4S2. The molecule has 0 radical (unpaired) electrons. The highest BCUT2D eigenvalue weighted by Crippen LogP contribution is 2.33. The van der Waals surface area contributed by atoms with Crippen LogP contribution in [0.15, 0.2) is 47.8 Å². The van der Waals surface area contributed by atoms with Gasteiger partial charge in [0.25, 0.3) is 5.91 Å². The first-order valence-electron chi connectivity index (χ1n) is 10.4. The molecule has 0 unspecified atom stereocenters. The Morgan fingerprint density at radius 2 is 2.03 bits per heavy atom. The molecule has 0 aliphatic carbocycles.